The fourth-order valence-electron chi connectivity index (χ4n) is 3.94. The van der Waals surface area contributed by atoms with Crippen molar-refractivity contribution in [3.63, 3.8) is 0 Å². The van der Waals surface area contributed by atoms with Crippen LogP contribution in [-0.2, 0) is 24.2 Å². The summed E-state index contributed by atoms with van der Waals surface area (Å²) >= 11 is 0. The van der Waals surface area contributed by atoms with Crippen molar-refractivity contribution in [2.24, 2.45) is 5.41 Å². The molecule has 0 unspecified atom stereocenters. The summed E-state index contributed by atoms with van der Waals surface area (Å²) in [6, 6.07) is 12.8. The van der Waals surface area contributed by atoms with Gasteiger partial charge in [-0.05, 0) is 59.6 Å². The van der Waals surface area contributed by atoms with E-state index in [-0.39, 0.29) is 16.9 Å². The normalized spacial score (nSPS) is 18.4. The van der Waals surface area contributed by atoms with E-state index in [4.69, 9.17) is 0 Å². The van der Waals surface area contributed by atoms with Crippen LogP contribution in [-0.4, -0.2) is 23.5 Å². The van der Waals surface area contributed by atoms with Crippen LogP contribution in [0.25, 0.3) is 11.1 Å². The maximum absolute atomic E-state index is 12.8. The third-order valence-corrected chi connectivity index (χ3v) is 5.94. The molecule has 1 aliphatic heterocycles. The van der Waals surface area contributed by atoms with Crippen molar-refractivity contribution in [1.29, 1.82) is 0 Å². The number of aryl methyl sites for hydroxylation is 1. The molecule has 1 saturated carbocycles. The standard InChI is InChI=1S/C23H24F3NO/c1-22(10-11-22)21(28)27-12-2-3-17-8-9-19(13-20(17)15-27)18-6-4-16(5-7-18)14-23(24,25)26/h4-9,13H,2-3,10-12,14-15H2,1H3. The molecule has 1 fully saturated rings. The van der Waals surface area contributed by atoms with E-state index in [0.717, 1.165) is 48.9 Å². The van der Waals surface area contributed by atoms with Gasteiger partial charge in [-0.2, -0.15) is 13.2 Å². The minimum Gasteiger partial charge on any atom is -0.338 e. The lowest BCUT2D eigenvalue weighted by atomic mass is 9.96. The Balaban J connectivity index is 1.56. The van der Waals surface area contributed by atoms with Crippen molar-refractivity contribution in [2.75, 3.05) is 6.54 Å². The molecular weight excluding hydrogens is 363 g/mol. The van der Waals surface area contributed by atoms with E-state index in [2.05, 4.69) is 12.1 Å². The molecule has 0 saturated heterocycles. The van der Waals surface area contributed by atoms with Gasteiger partial charge in [-0.25, -0.2) is 0 Å². The second kappa shape index (κ2) is 6.94. The predicted molar refractivity (Wildman–Crippen MR) is 103 cm³/mol. The average molecular weight is 387 g/mol. The Hall–Kier alpha value is -2.30. The molecule has 1 aliphatic carbocycles. The Morgan fingerprint density at radius 1 is 1.04 bits per heavy atom. The fourth-order valence-corrected chi connectivity index (χ4v) is 3.94. The van der Waals surface area contributed by atoms with E-state index in [0.29, 0.717) is 6.54 Å². The van der Waals surface area contributed by atoms with Crippen molar-refractivity contribution in [3.05, 3.63) is 59.2 Å². The smallest absolute Gasteiger partial charge is 0.338 e. The Morgan fingerprint density at radius 2 is 1.71 bits per heavy atom. The molecule has 2 aliphatic rings. The first kappa shape index (κ1) is 19.0. The van der Waals surface area contributed by atoms with E-state index in [1.165, 1.54) is 17.7 Å². The first-order valence-electron chi connectivity index (χ1n) is 9.81. The SMILES string of the molecule is CC1(C(=O)N2CCCc3ccc(-c4ccc(CC(F)(F)F)cc4)cc3C2)CC1. The number of rotatable bonds is 3. The number of carbonyl (C=O) groups excluding carboxylic acids is 1. The predicted octanol–water partition coefficient (Wildman–Crippen LogP) is 5.53. The number of halogens is 3. The number of amides is 1. The van der Waals surface area contributed by atoms with Crippen LogP contribution in [0.5, 0.6) is 0 Å². The summed E-state index contributed by atoms with van der Waals surface area (Å²) < 4.78 is 37.6. The lowest BCUT2D eigenvalue weighted by molar-refractivity contribution is -0.137. The van der Waals surface area contributed by atoms with E-state index >= 15 is 0 Å². The first-order valence-corrected chi connectivity index (χ1v) is 9.81. The molecule has 0 atom stereocenters. The minimum absolute atomic E-state index is 0.170. The van der Waals surface area contributed by atoms with Gasteiger partial charge in [-0.1, -0.05) is 43.3 Å². The number of nitrogens with zero attached hydrogens (tertiary/aromatic N) is 1. The topological polar surface area (TPSA) is 20.3 Å². The molecule has 0 bridgehead atoms. The van der Waals surface area contributed by atoms with Crippen LogP contribution in [0.15, 0.2) is 42.5 Å². The molecule has 148 valence electrons. The van der Waals surface area contributed by atoms with E-state index < -0.39 is 12.6 Å². The molecule has 5 heteroatoms. The maximum Gasteiger partial charge on any atom is 0.393 e. The number of hydrogen-bond donors (Lipinski definition) is 0. The number of carbonyl (C=O) groups is 1. The molecular formula is C23H24F3NO. The Morgan fingerprint density at radius 3 is 2.36 bits per heavy atom. The Kier molecular flexibility index (Phi) is 4.72. The zero-order valence-electron chi connectivity index (χ0n) is 16.0. The highest BCUT2D eigenvalue weighted by Crippen LogP contribution is 2.47. The fraction of sp³-hybridized carbons (Fsp3) is 0.435. The minimum atomic E-state index is -4.19. The lowest BCUT2D eigenvalue weighted by Gasteiger charge is -2.24. The molecule has 4 rings (SSSR count). The average Bonchev–Trinajstić information content (AvgIpc) is 3.42. The summed E-state index contributed by atoms with van der Waals surface area (Å²) in [7, 11) is 0. The molecule has 0 N–H and O–H groups in total. The van der Waals surface area contributed by atoms with Gasteiger partial charge in [0.15, 0.2) is 0 Å². The molecule has 0 aromatic heterocycles. The van der Waals surface area contributed by atoms with Crippen LogP contribution in [0, 0.1) is 5.41 Å². The first-order chi connectivity index (χ1) is 13.2. The van der Waals surface area contributed by atoms with Gasteiger partial charge in [0.25, 0.3) is 0 Å². The van der Waals surface area contributed by atoms with Gasteiger partial charge in [0.05, 0.1) is 6.42 Å². The van der Waals surface area contributed by atoms with Crippen LogP contribution in [0.3, 0.4) is 0 Å². The number of fused-ring (bicyclic) bond motifs is 1. The molecule has 0 radical (unpaired) electrons. The van der Waals surface area contributed by atoms with Crippen molar-refractivity contribution < 1.29 is 18.0 Å². The summed E-state index contributed by atoms with van der Waals surface area (Å²) in [6.07, 6.45) is -1.26. The summed E-state index contributed by atoms with van der Waals surface area (Å²) in [5, 5.41) is 0. The highest BCUT2D eigenvalue weighted by molar-refractivity contribution is 5.85. The summed E-state index contributed by atoms with van der Waals surface area (Å²) in [6.45, 7) is 3.44. The Labute approximate surface area is 163 Å². The zero-order chi connectivity index (χ0) is 19.9. The quantitative estimate of drug-likeness (QED) is 0.678. The van der Waals surface area contributed by atoms with Gasteiger partial charge in [0.1, 0.15) is 0 Å². The largest absolute Gasteiger partial charge is 0.393 e. The highest BCUT2D eigenvalue weighted by Gasteiger charge is 2.47. The molecule has 1 amide bonds. The number of alkyl halides is 3. The zero-order valence-corrected chi connectivity index (χ0v) is 16.0. The van der Waals surface area contributed by atoms with Crippen molar-refractivity contribution in [1.82, 2.24) is 4.90 Å². The number of hydrogen-bond acceptors (Lipinski definition) is 1. The molecule has 2 aromatic carbocycles. The maximum atomic E-state index is 12.8. The van der Waals surface area contributed by atoms with E-state index in [1.807, 2.05) is 17.9 Å². The van der Waals surface area contributed by atoms with Gasteiger partial charge in [0.2, 0.25) is 5.91 Å². The molecule has 1 heterocycles. The van der Waals surface area contributed by atoms with Crippen LogP contribution in [0.4, 0.5) is 13.2 Å². The van der Waals surface area contributed by atoms with Gasteiger partial charge < -0.3 is 4.90 Å². The van der Waals surface area contributed by atoms with Crippen molar-refractivity contribution in [3.8, 4) is 11.1 Å². The second-order valence-corrected chi connectivity index (χ2v) is 8.36. The number of benzene rings is 2. The molecule has 0 spiro atoms. The third kappa shape index (κ3) is 4.08. The van der Waals surface area contributed by atoms with E-state index in [9.17, 15) is 18.0 Å². The third-order valence-electron chi connectivity index (χ3n) is 5.94. The van der Waals surface area contributed by atoms with Crippen molar-refractivity contribution >= 4 is 5.91 Å². The second-order valence-electron chi connectivity index (χ2n) is 8.36. The molecule has 2 nitrogen and oxygen atoms in total. The summed E-state index contributed by atoms with van der Waals surface area (Å²) in [5.74, 6) is 0.252. The van der Waals surface area contributed by atoms with Crippen molar-refractivity contribution in [2.45, 2.75) is 51.7 Å². The van der Waals surface area contributed by atoms with Gasteiger partial charge >= 0.3 is 6.18 Å². The Bertz CT molecular complexity index is 882. The molecule has 28 heavy (non-hydrogen) atoms. The summed E-state index contributed by atoms with van der Waals surface area (Å²) in [4.78, 5) is 14.8. The van der Waals surface area contributed by atoms with Crippen LogP contribution < -0.4 is 0 Å². The monoisotopic (exact) mass is 387 g/mol. The van der Waals surface area contributed by atoms with Crippen LogP contribution in [0.2, 0.25) is 0 Å². The van der Waals surface area contributed by atoms with Gasteiger partial charge in [-0.3, -0.25) is 4.79 Å². The van der Waals surface area contributed by atoms with Crippen LogP contribution in [0.1, 0.15) is 42.9 Å². The van der Waals surface area contributed by atoms with E-state index in [1.54, 1.807) is 12.1 Å². The van der Waals surface area contributed by atoms with Crippen LogP contribution >= 0.6 is 0 Å². The van der Waals surface area contributed by atoms with Gasteiger partial charge in [-0.15, -0.1) is 0 Å². The lowest BCUT2D eigenvalue weighted by Crippen LogP contribution is -2.35. The van der Waals surface area contributed by atoms with Gasteiger partial charge in [0, 0.05) is 18.5 Å². The summed E-state index contributed by atoms with van der Waals surface area (Å²) in [5.41, 5.74) is 4.37. The molecule has 2 aromatic rings. The highest BCUT2D eigenvalue weighted by atomic mass is 19.4.